The van der Waals surface area contributed by atoms with Gasteiger partial charge in [-0.25, -0.2) is 0 Å². The molecule has 8 N–H and O–H groups in total. The van der Waals surface area contributed by atoms with Crippen molar-refractivity contribution in [3.05, 3.63) is 0 Å². The highest BCUT2D eigenvalue weighted by atomic mass is 16.8. The van der Waals surface area contributed by atoms with Crippen molar-refractivity contribution < 1.29 is 131 Å². The van der Waals surface area contributed by atoms with Crippen molar-refractivity contribution in [3.63, 3.8) is 0 Å². The van der Waals surface area contributed by atoms with E-state index in [-0.39, 0.29) is 88.1 Å². The van der Waals surface area contributed by atoms with Gasteiger partial charge in [-0.05, 0) is 135 Å². The first kappa shape index (κ1) is 92.0. The van der Waals surface area contributed by atoms with E-state index in [1.807, 2.05) is 72.6 Å². The number of ketones is 1. The van der Waals surface area contributed by atoms with Crippen molar-refractivity contribution in [1.29, 1.82) is 0 Å². The third-order valence-corrected chi connectivity index (χ3v) is 24.0. The van der Waals surface area contributed by atoms with Crippen LogP contribution < -0.4 is 0 Å². The molecule has 7 aliphatic heterocycles. The molecule has 7 saturated heterocycles. The molecule has 0 aromatic carbocycles. The topological polar surface area (TPSA) is 383 Å². The molecule has 7 aliphatic rings. The van der Waals surface area contributed by atoms with Crippen LogP contribution in [0.4, 0.5) is 0 Å². The third kappa shape index (κ3) is 22.1. The van der Waals surface area contributed by atoms with Gasteiger partial charge >= 0.3 is 11.9 Å². The van der Waals surface area contributed by atoms with Crippen LogP contribution in [0.2, 0.25) is 0 Å². The Kier molecular flexibility index (Phi) is 34.1. The molecule has 36 atom stereocenters. The Balaban J connectivity index is 0.000000338. The summed E-state index contributed by atoms with van der Waals surface area (Å²) in [6.07, 6.45) is -16.6. The fourth-order valence-electron chi connectivity index (χ4n) is 16.8. The summed E-state index contributed by atoms with van der Waals surface area (Å²) in [7, 11) is 12.1. The minimum atomic E-state index is -1.97. The number of cyclic esters (lactones) is 2. The lowest BCUT2D eigenvalue weighted by Gasteiger charge is -2.49. The zero-order valence-corrected chi connectivity index (χ0v) is 67.9. The van der Waals surface area contributed by atoms with Crippen molar-refractivity contribution in [1.82, 2.24) is 9.80 Å². The zero-order chi connectivity index (χ0) is 79.7. The van der Waals surface area contributed by atoms with E-state index in [0.29, 0.717) is 25.2 Å². The molecule has 0 unspecified atom stereocenters. The van der Waals surface area contributed by atoms with Crippen molar-refractivity contribution in [2.45, 2.75) is 333 Å². The molecule has 0 aliphatic carbocycles. The van der Waals surface area contributed by atoms with Crippen molar-refractivity contribution in [2.75, 3.05) is 76.1 Å². The molecule has 618 valence electrons. The number of nitrogens with zero attached hydrogens (tertiary/aromatic N) is 3. The van der Waals surface area contributed by atoms with Gasteiger partial charge in [-0.2, -0.15) is 0 Å². The normalized spacial score (nSPS) is 47.7. The Hall–Kier alpha value is -2.84. The number of aliphatic hydroxyl groups excluding tert-OH is 6. The molecule has 1 spiro atoms. The predicted molar refractivity (Wildman–Crippen MR) is 386 cm³/mol. The molecular formula is C76H137N3O27. The first-order chi connectivity index (χ1) is 49.4. The number of rotatable bonds is 19. The second-order valence-corrected chi connectivity index (χ2v) is 33.0. The summed E-state index contributed by atoms with van der Waals surface area (Å²) in [5, 5.41) is 96.9. The number of aliphatic hydroxyl groups is 8. The summed E-state index contributed by atoms with van der Waals surface area (Å²) in [6.45, 7) is 32.0. The molecule has 7 rings (SSSR count). The summed E-state index contributed by atoms with van der Waals surface area (Å²) in [6, 6.07) is -0.547. The number of esters is 2. The van der Waals surface area contributed by atoms with Crippen LogP contribution >= 0.6 is 0 Å². The van der Waals surface area contributed by atoms with Gasteiger partial charge in [0.15, 0.2) is 36.5 Å². The first-order valence-corrected chi connectivity index (χ1v) is 38.4. The van der Waals surface area contributed by atoms with Gasteiger partial charge in [0.1, 0.15) is 42.2 Å². The van der Waals surface area contributed by atoms with Crippen LogP contribution in [-0.4, -0.2) is 314 Å². The van der Waals surface area contributed by atoms with Gasteiger partial charge in [0.25, 0.3) is 0 Å². The molecular weight excluding hydrogens is 1390 g/mol. The second-order valence-electron chi connectivity index (χ2n) is 33.0. The highest BCUT2D eigenvalue weighted by Gasteiger charge is 2.59. The first-order valence-electron chi connectivity index (χ1n) is 38.4. The number of hydrogen-bond acceptors (Lipinski definition) is 30. The maximum absolute atomic E-state index is 14.3. The van der Waals surface area contributed by atoms with Crippen LogP contribution in [0.3, 0.4) is 0 Å². The molecule has 0 bridgehead atoms. The number of oxime groups is 1. The smallest absolute Gasteiger partial charge is 0.311 e. The van der Waals surface area contributed by atoms with E-state index >= 15 is 0 Å². The van der Waals surface area contributed by atoms with E-state index < -0.39 is 198 Å². The lowest BCUT2D eigenvalue weighted by molar-refractivity contribution is -0.317. The van der Waals surface area contributed by atoms with Gasteiger partial charge in [0.2, 0.25) is 6.79 Å². The summed E-state index contributed by atoms with van der Waals surface area (Å²) in [5.74, 6) is -7.88. The van der Waals surface area contributed by atoms with Crippen molar-refractivity contribution in [3.8, 4) is 0 Å². The number of ether oxygens (including phenoxy) is 15. The molecule has 30 nitrogen and oxygen atoms in total. The Morgan fingerprint density at radius 3 is 1.62 bits per heavy atom. The van der Waals surface area contributed by atoms with E-state index in [4.69, 9.17) is 75.9 Å². The maximum Gasteiger partial charge on any atom is 0.311 e. The van der Waals surface area contributed by atoms with Crippen molar-refractivity contribution in [2.24, 2.45) is 58.4 Å². The molecule has 30 heteroatoms. The van der Waals surface area contributed by atoms with Gasteiger partial charge in [-0.3, -0.25) is 14.4 Å². The van der Waals surface area contributed by atoms with Crippen LogP contribution in [-0.2, 0) is 90.3 Å². The van der Waals surface area contributed by atoms with E-state index in [9.17, 15) is 55.2 Å². The second kappa shape index (κ2) is 39.3. The molecule has 106 heavy (non-hydrogen) atoms. The maximum atomic E-state index is 14.3. The van der Waals surface area contributed by atoms with E-state index in [1.54, 1.807) is 90.2 Å². The van der Waals surface area contributed by atoms with Crippen LogP contribution in [0.5, 0.6) is 0 Å². The average molecular weight is 1520 g/mol. The molecule has 7 heterocycles. The number of hydrogen-bond donors (Lipinski definition) is 8. The lowest BCUT2D eigenvalue weighted by atomic mass is 9.73. The largest absolute Gasteiger partial charge is 0.462 e. The van der Waals surface area contributed by atoms with Gasteiger partial charge in [0, 0.05) is 81.8 Å². The number of likely N-dealkylation sites (N-methyl/N-ethyl adjacent to an activating group) is 2. The van der Waals surface area contributed by atoms with Gasteiger partial charge in [0.05, 0.1) is 116 Å². The Bertz CT molecular complexity index is 2750. The van der Waals surface area contributed by atoms with Crippen LogP contribution in [0.15, 0.2) is 5.16 Å². The van der Waals surface area contributed by atoms with Gasteiger partial charge in [-0.15, -0.1) is 0 Å². The highest BCUT2D eigenvalue weighted by molar-refractivity contribution is 5.92. The Morgan fingerprint density at radius 1 is 0.557 bits per heavy atom. The van der Waals surface area contributed by atoms with Crippen molar-refractivity contribution >= 4 is 23.4 Å². The van der Waals surface area contributed by atoms with Crippen LogP contribution in [0.25, 0.3) is 0 Å². The monoisotopic (exact) mass is 1520 g/mol. The number of methoxy groups -OCH3 is 3. The third-order valence-electron chi connectivity index (χ3n) is 24.0. The van der Waals surface area contributed by atoms with E-state index in [2.05, 4.69) is 5.16 Å². The lowest BCUT2D eigenvalue weighted by Crippen LogP contribution is -2.61. The summed E-state index contributed by atoms with van der Waals surface area (Å²) in [4.78, 5) is 51.5. The molecule has 0 saturated carbocycles. The fraction of sp³-hybridized carbons (Fsp3) is 0.947. The Labute approximate surface area is 629 Å². The standard InChI is InChI=1S/C41H76N2O15.C35H61NO12/c1-15-29-41(10,49)34(45)24(4)31(42-53-21-52-17-16-50-13)22(2)19-39(8,48)36(58-38-32(44)28(43(11)12)18-23(3)54-38)25(5)33(26(6)37(47)56-29)57-30-20-40(9,51-14)35(46)27(7)55-30;1-16-14-35(15-43-35)32(40)19(4)27(37)18(3)22(7)46-33(41)21(6)31(47-26-13-25(42-11)28(38)23(8)45-26)20(5)30(16)48-34-29(39)24(36(9)10)12-17(2)44-34/h22-30,32-36,38,44-46,48-49H,15-21H2,1-14H3;16-31,34,37-39H,12-15H2,1-11H3/b42-31-;/t22-,23-,24+,25+,26-,27+,28+,29-,30+,32-,33+,34-,35+,36-,38+,39-,40-,41-;16-,17+,18-,19+,20+,21+,22+,23-,24-,25-,26-,27-,28-,29+,30-,31-,34-,35+/m10/s1. The molecule has 0 radical (unpaired) electrons. The number of carbonyl (C=O) groups excluding carboxylic acids is 3. The number of epoxide rings is 1. The predicted octanol–water partition coefficient (Wildman–Crippen LogP) is 4.12. The zero-order valence-electron chi connectivity index (χ0n) is 67.9. The minimum Gasteiger partial charge on any atom is -0.462 e. The van der Waals surface area contributed by atoms with Crippen LogP contribution in [0, 0.1) is 53.3 Å². The van der Waals surface area contributed by atoms with Gasteiger partial charge < -0.3 is 127 Å². The van der Waals surface area contributed by atoms with E-state index in [1.165, 1.54) is 21.1 Å². The SMILES string of the molecule is CC[C@H]1OC(=O)[C@H](C)[C@@H](O[C@H]2C[C@@](C)(OC)[C@@H](O)[C@H](C)O2)[C@H](C)[C@@H](O[C@@H]2O[C@H](C)C[C@H](N(C)C)[C@H]2O)[C@](C)(O)C[C@@H](C)/C(=N/OCOCCOC)[C@H](C)[C@@H](O)[C@]1(C)O.CO[C@H]1C[C@H](O[C@H]2[C@H](C)[C@@H](O[C@@H]3O[C@H](C)C[C@H](N(C)C)[C@H]3O)[C@@H](C)C[C@@]3(CO3)C(=O)[C@H](C)[C@@H](O)[C@@H](C)[C@@H](C)OC(=O)[C@@H]2C)O[C@@H](C)[C@@H]1O. The van der Waals surface area contributed by atoms with Crippen LogP contribution in [0.1, 0.15) is 170 Å². The fourth-order valence-corrected chi connectivity index (χ4v) is 16.8. The van der Waals surface area contributed by atoms with E-state index in [0.717, 1.165) is 0 Å². The molecule has 0 amide bonds. The summed E-state index contributed by atoms with van der Waals surface area (Å²) in [5.41, 5.74) is -5.59. The number of Topliss-reactive ketones (excluding diaryl/α,β-unsaturated/α-hetero) is 1. The summed E-state index contributed by atoms with van der Waals surface area (Å²) >= 11 is 0. The molecule has 0 aromatic heterocycles. The highest BCUT2D eigenvalue weighted by Crippen LogP contribution is 2.46. The minimum absolute atomic E-state index is 0.0307. The van der Waals surface area contributed by atoms with Gasteiger partial charge in [-0.1, -0.05) is 60.5 Å². The summed E-state index contributed by atoms with van der Waals surface area (Å²) < 4.78 is 91.1. The number of carbonyl (C=O) groups is 3. The Morgan fingerprint density at radius 2 is 1.09 bits per heavy atom. The quantitative estimate of drug-likeness (QED) is 0.0296. The molecule has 7 fully saturated rings. The molecule has 0 aromatic rings. The average Bonchev–Trinajstić information content (AvgIpc) is 1.54.